The van der Waals surface area contributed by atoms with Gasteiger partial charge in [-0.1, -0.05) is 54.6 Å². The van der Waals surface area contributed by atoms with Gasteiger partial charge < -0.3 is 14.6 Å². The summed E-state index contributed by atoms with van der Waals surface area (Å²) in [7, 11) is 1.58. The predicted molar refractivity (Wildman–Crippen MR) is 131 cm³/mol. The molecule has 9 heteroatoms. The van der Waals surface area contributed by atoms with Crippen molar-refractivity contribution in [2.75, 3.05) is 13.7 Å². The molecule has 1 aliphatic rings. The SMILES string of the molecule is COCCn1cnc2c1c(=O)n(CC(=O)NC1CCc3ccccc31)c(=O)n2Cc1ccccc1. The van der Waals surface area contributed by atoms with Crippen molar-refractivity contribution in [3.63, 3.8) is 0 Å². The lowest BCUT2D eigenvalue weighted by Crippen LogP contribution is -2.44. The molecule has 2 heterocycles. The standard InChI is InChI=1S/C26H27N5O4/c1-35-14-13-29-17-27-24-23(29)25(33)31(26(34)30(24)15-18-7-3-2-4-8-18)16-22(32)28-21-12-11-19-9-5-6-10-20(19)21/h2-10,17,21H,11-16H2,1H3,(H,28,32). The van der Waals surface area contributed by atoms with Crippen LogP contribution in [0.5, 0.6) is 0 Å². The molecule has 9 nitrogen and oxygen atoms in total. The van der Waals surface area contributed by atoms with E-state index in [0.29, 0.717) is 18.8 Å². The molecule has 1 atom stereocenters. The number of imidazole rings is 1. The Morgan fingerprint density at radius 1 is 1.09 bits per heavy atom. The van der Waals surface area contributed by atoms with Gasteiger partial charge in [-0.2, -0.15) is 0 Å². The number of hydrogen-bond acceptors (Lipinski definition) is 5. The Bertz CT molecular complexity index is 1490. The van der Waals surface area contributed by atoms with E-state index in [1.165, 1.54) is 16.5 Å². The molecule has 2 aromatic carbocycles. The van der Waals surface area contributed by atoms with Crippen LogP contribution in [0.4, 0.5) is 0 Å². The van der Waals surface area contributed by atoms with Crippen molar-refractivity contribution >= 4 is 17.1 Å². The number of nitrogens with zero attached hydrogens (tertiary/aromatic N) is 4. The summed E-state index contributed by atoms with van der Waals surface area (Å²) in [6.07, 6.45) is 3.21. The van der Waals surface area contributed by atoms with Crippen LogP contribution in [-0.4, -0.2) is 38.3 Å². The van der Waals surface area contributed by atoms with Gasteiger partial charge in [-0.3, -0.25) is 14.2 Å². The van der Waals surface area contributed by atoms with E-state index in [0.717, 1.165) is 28.5 Å². The zero-order valence-corrected chi connectivity index (χ0v) is 19.5. The molecule has 0 saturated carbocycles. The van der Waals surface area contributed by atoms with E-state index in [1.54, 1.807) is 11.7 Å². The smallest absolute Gasteiger partial charge is 0.333 e. The van der Waals surface area contributed by atoms with Gasteiger partial charge in [0.15, 0.2) is 11.2 Å². The fourth-order valence-electron chi connectivity index (χ4n) is 4.74. The molecule has 35 heavy (non-hydrogen) atoms. The Kier molecular flexibility index (Phi) is 6.33. The van der Waals surface area contributed by atoms with Gasteiger partial charge in [0, 0.05) is 13.7 Å². The lowest BCUT2D eigenvalue weighted by Gasteiger charge is -2.16. The molecular formula is C26H27N5O4. The highest BCUT2D eigenvalue weighted by atomic mass is 16.5. The molecule has 5 rings (SSSR count). The van der Waals surface area contributed by atoms with Gasteiger partial charge in [0.2, 0.25) is 5.91 Å². The minimum atomic E-state index is -0.565. The fraction of sp³-hybridized carbons (Fsp3) is 0.308. The van der Waals surface area contributed by atoms with Crippen LogP contribution >= 0.6 is 0 Å². The minimum absolute atomic E-state index is 0.128. The number of methoxy groups -OCH3 is 1. The first-order chi connectivity index (χ1) is 17.1. The van der Waals surface area contributed by atoms with E-state index in [2.05, 4.69) is 16.4 Å². The van der Waals surface area contributed by atoms with Crippen molar-refractivity contribution < 1.29 is 9.53 Å². The van der Waals surface area contributed by atoms with Gasteiger partial charge in [0.1, 0.15) is 6.54 Å². The van der Waals surface area contributed by atoms with E-state index >= 15 is 0 Å². The second-order valence-corrected chi connectivity index (χ2v) is 8.71. The number of rotatable bonds is 8. The predicted octanol–water partition coefficient (Wildman–Crippen LogP) is 1.86. The van der Waals surface area contributed by atoms with Crippen LogP contribution in [-0.2, 0) is 35.6 Å². The van der Waals surface area contributed by atoms with Crippen molar-refractivity contribution in [3.8, 4) is 0 Å². The van der Waals surface area contributed by atoms with Crippen molar-refractivity contribution in [1.29, 1.82) is 0 Å². The average Bonchev–Trinajstić information content (AvgIpc) is 3.48. The van der Waals surface area contributed by atoms with Crippen LogP contribution in [0.25, 0.3) is 11.2 Å². The summed E-state index contributed by atoms with van der Waals surface area (Å²) in [5.74, 6) is -0.375. The zero-order valence-electron chi connectivity index (χ0n) is 19.5. The van der Waals surface area contributed by atoms with Gasteiger partial charge >= 0.3 is 5.69 Å². The zero-order chi connectivity index (χ0) is 24.4. The maximum absolute atomic E-state index is 13.5. The van der Waals surface area contributed by atoms with E-state index in [4.69, 9.17) is 4.74 Å². The molecule has 1 amide bonds. The van der Waals surface area contributed by atoms with Crippen LogP contribution in [0.2, 0.25) is 0 Å². The number of fused-ring (bicyclic) bond motifs is 2. The Labute approximate surface area is 201 Å². The molecule has 0 bridgehead atoms. The molecule has 0 spiro atoms. The number of benzene rings is 2. The molecule has 0 fully saturated rings. The largest absolute Gasteiger partial charge is 0.383 e. The van der Waals surface area contributed by atoms with Crippen molar-refractivity contribution in [2.24, 2.45) is 0 Å². The van der Waals surface area contributed by atoms with E-state index in [9.17, 15) is 14.4 Å². The molecule has 180 valence electrons. The third kappa shape index (κ3) is 4.42. The maximum atomic E-state index is 13.5. The van der Waals surface area contributed by atoms with E-state index in [-0.39, 0.29) is 30.6 Å². The van der Waals surface area contributed by atoms with Crippen LogP contribution in [0.15, 0.2) is 70.5 Å². The molecule has 1 aliphatic carbocycles. The first-order valence-corrected chi connectivity index (χ1v) is 11.7. The number of hydrogen-bond donors (Lipinski definition) is 1. The van der Waals surface area contributed by atoms with E-state index in [1.807, 2.05) is 48.5 Å². The highest BCUT2D eigenvalue weighted by molar-refractivity contribution is 5.77. The minimum Gasteiger partial charge on any atom is -0.383 e. The molecule has 0 aliphatic heterocycles. The first kappa shape index (κ1) is 22.8. The lowest BCUT2D eigenvalue weighted by atomic mass is 10.1. The van der Waals surface area contributed by atoms with Crippen LogP contribution in [0.3, 0.4) is 0 Å². The van der Waals surface area contributed by atoms with Gasteiger partial charge in [-0.15, -0.1) is 0 Å². The summed E-state index contributed by atoms with van der Waals surface area (Å²) >= 11 is 0. The number of aromatic nitrogens is 4. The Balaban J connectivity index is 1.52. The molecule has 0 saturated heterocycles. The maximum Gasteiger partial charge on any atom is 0.333 e. The van der Waals surface area contributed by atoms with Crippen molar-refractivity contribution in [3.05, 3.63) is 98.5 Å². The number of nitrogens with one attached hydrogen (secondary N) is 1. The summed E-state index contributed by atoms with van der Waals surface area (Å²) in [6, 6.07) is 17.3. The van der Waals surface area contributed by atoms with Gasteiger partial charge in [0.25, 0.3) is 5.56 Å². The van der Waals surface area contributed by atoms with Crippen LogP contribution in [0.1, 0.15) is 29.2 Å². The molecule has 1 N–H and O–H groups in total. The van der Waals surface area contributed by atoms with Gasteiger partial charge in [-0.25, -0.2) is 14.3 Å². The highest BCUT2D eigenvalue weighted by Crippen LogP contribution is 2.30. The molecule has 2 aromatic heterocycles. The lowest BCUT2D eigenvalue weighted by molar-refractivity contribution is -0.122. The van der Waals surface area contributed by atoms with Gasteiger partial charge in [0.05, 0.1) is 25.5 Å². The third-order valence-electron chi connectivity index (χ3n) is 6.47. The van der Waals surface area contributed by atoms with Crippen LogP contribution in [0, 0.1) is 0 Å². The second kappa shape index (κ2) is 9.71. The molecule has 4 aromatic rings. The first-order valence-electron chi connectivity index (χ1n) is 11.7. The number of ether oxygens (including phenoxy) is 1. The number of carbonyl (C=O) groups is 1. The Morgan fingerprint density at radius 3 is 2.66 bits per heavy atom. The second-order valence-electron chi connectivity index (χ2n) is 8.71. The van der Waals surface area contributed by atoms with Gasteiger partial charge in [-0.05, 0) is 29.5 Å². The van der Waals surface area contributed by atoms with Crippen LogP contribution < -0.4 is 16.6 Å². The molecule has 0 radical (unpaired) electrons. The molecule has 1 unspecified atom stereocenters. The Morgan fingerprint density at radius 2 is 1.86 bits per heavy atom. The monoisotopic (exact) mass is 473 g/mol. The average molecular weight is 474 g/mol. The third-order valence-corrected chi connectivity index (χ3v) is 6.47. The number of amides is 1. The molecular weight excluding hydrogens is 446 g/mol. The summed E-state index contributed by atoms with van der Waals surface area (Å²) in [5.41, 5.74) is 2.65. The fourth-order valence-corrected chi connectivity index (χ4v) is 4.74. The normalized spacial score (nSPS) is 14.8. The topological polar surface area (TPSA) is 100 Å². The summed E-state index contributed by atoms with van der Waals surface area (Å²) < 4.78 is 9.29. The quantitative estimate of drug-likeness (QED) is 0.421. The Hall–Kier alpha value is -3.98. The summed E-state index contributed by atoms with van der Waals surface area (Å²) in [5, 5.41) is 3.01. The highest BCUT2D eigenvalue weighted by Gasteiger charge is 2.25. The van der Waals surface area contributed by atoms with E-state index < -0.39 is 11.2 Å². The van der Waals surface area contributed by atoms with Crippen molar-refractivity contribution in [2.45, 2.75) is 38.5 Å². The number of aryl methyl sites for hydroxylation is 1. The summed E-state index contributed by atoms with van der Waals surface area (Å²) in [6.45, 7) is 0.646. The number of carbonyl (C=O) groups excluding carboxylic acids is 1. The van der Waals surface area contributed by atoms with Crippen molar-refractivity contribution in [1.82, 2.24) is 24.0 Å². The summed E-state index contributed by atoms with van der Waals surface area (Å²) in [4.78, 5) is 44.3.